The fourth-order valence-electron chi connectivity index (χ4n) is 1.66. The predicted octanol–water partition coefficient (Wildman–Crippen LogP) is 5.10. The van der Waals surface area contributed by atoms with Gasteiger partial charge in [-0.2, -0.15) is 13.2 Å². The van der Waals surface area contributed by atoms with Gasteiger partial charge in [0.15, 0.2) is 0 Å². The molecule has 0 aliphatic rings. The summed E-state index contributed by atoms with van der Waals surface area (Å²) in [5.41, 5.74) is 1.07. The Hall–Kier alpha value is -0.510. The van der Waals surface area contributed by atoms with Crippen LogP contribution in [0.3, 0.4) is 0 Å². The molecule has 0 unspecified atom stereocenters. The minimum Gasteiger partial charge on any atom is -0.171 e. The highest BCUT2D eigenvalue weighted by Gasteiger charge is 2.29. The molecular weight excluding hydrogens is 233 g/mol. The average Bonchev–Trinajstić information content (AvgIpc) is 2.44. The van der Waals surface area contributed by atoms with E-state index in [-0.39, 0.29) is 5.92 Å². The largest absolute Gasteiger partial charge is 0.393 e. The molecule has 0 saturated heterocycles. The highest BCUT2D eigenvalue weighted by molar-refractivity contribution is 7.12. The first kappa shape index (κ1) is 13.6. The van der Waals surface area contributed by atoms with E-state index in [0.29, 0.717) is 10.8 Å². The van der Waals surface area contributed by atoms with Crippen LogP contribution in [0.25, 0.3) is 0 Å². The summed E-state index contributed by atoms with van der Waals surface area (Å²) in [5, 5.41) is 0. The maximum Gasteiger partial charge on any atom is 0.393 e. The fraction of sp³-hybridized carbons (Fsp3) is 0.667. The van der Waals surface area contributed by atoms with Crippen molar-refractivity contribution in [2.75, 3.05) is 0 Å². The van der Waals surface area contributed by atoms with Crippen LogP contribution in [-0.2, 0) is 6.42 Å². The van der Waals surface area contributed by atoms with Gasteiger partial charge in [0.05, 0.1) is 6.42 Å². The van der Waals surface area contributed by atoms with Gasteiger partial charge < -0.3 is 0 Å². The van der Waals surface area contributed by atoms with Crippen LogP contribution >= 0.6 is 11.3 Å². The van der Waals surface area contributed by atoms with Crippen LogP contribution in [-0.4, -0.2) is 6.18 Å². The molecule has 0 aromatic carbocycles. The molecular formula is C12H17F3S. The number of hydrogen-bond donors (Lipinski definition) is 0. The maximum absolute atomic E-state index is 12.3. The molecule has 0 fully saturated rings. The lowest BCUT2D eigenvalue weighted by Crippen LogP contribution is -2.10. The Bertz CT molecular complexity index is 322. The maximum atomic E-state index is 12.3. The van der Waals surface area contributed by atoms with Crippen molar-refractivity contribution in [2.24, 2.45) is 0 Å². The average molecular weight is 250 g/mol. The van der Waals surface area contributed by atoms with Gasteiger partial charge >= 0.3 is 6.18 Å². The molecule has 0 amide bonds. The number of hydrogen-bond acceptors (Lipinski definition) is 1. The Morgan fingerprint density at radius 1 is 1.12 bits per heavy atom. The van der Waals surface area contributed by atoms with E-state index in [1.807, 2.05) is 27.7 Å². The first-order chi connectivity index (χ1) is 7.20. The summed E-state index contributed by atoms with van der Waals surface area (Å²) in [6.45, 7) is 8.08. The molecule has 0 saturated carbocycles. The normalized spacial score (nSPS) is 12.8. The predicted molar refractivity (Wildman–Crippen MR) is 62.3 cm³/mol. The van der Waals surface area contributed by atoms with E-state index < -0.39 is 12.6 Å². The van der Waals surface area contributed by atoms with Crippen LogP contribution in [0.4, 0.5) is 13.2 Å². The molecule has 92 valence electrons. The van der Waals surface area contributed by atoms with E-state index in [1.54, 1.807) is 6.07 Å². The third-order valence-corrected chi connectivity index (χ3v) is 3.81. The van der Waals surface area contributed by atoms with E-state index in [9.17, 15) is 13.2 Å². The second-order valence-electron chi connectivity index (χ2n) is 4.63. The smallest absolute Gasteiger partial charge is 0.171 e. The lowest BCUT2D eigenvalue weighted by Gasteiger charge is -2.08. The minimum absolute atomic E-state index is 0.288. The second kappa shape index (κ2) is 4.78. The standard InChI is InChI=1S/C12H17F3S/c1-7(2)10-5-9(6-12(13,14)15)16-11(10)8(3)4/h5,7-8H,6H2,1-4H3. The summed E-state index contributed by atoms with van der Waals surface area (Å²) in [6, 6.07) is 1.72. The van der Waals surface area contributed by atoms with Gasteiger partial charge in [-0.1, -0.05) is 27.7 Å². The topological polar surface area (TPSA) is 0 Å². The number of alkyl halides is 3. The summed E-state index contributed by atoms with van der Waals surface area (Å²) in [5.74, 6) is 0.583. The molecule has 0 nitrogen and oxygen atoms in total. The molecule has 0 N–H and O–H groups in total. The third kappa shape index (κ3) is 3.51. The summed E-state index contributed by atoms with van der Waals surface area (Å²) in [7, 11) is 0. The zero-order valence-electron chi connectivity index (χ0n) is 9.98. The Labute approximate surface area is 98.5 Å². The molecule has 0 atom stereocenters. The summed E-state index contributed by atoms with van der Waals surface area (Å²) < 4.78 is 36.9. The quantitative estimate of drug-likeness (QED) is 0.700. The monoisotopic (exact) mass is 250 g/mol. The van der Waals surface area contributed by atoms with Gasteiger partial charge in [0.1, 0.15) is 0 Å². The van der Waals surface area contributed by atoms with Crippen LogP contribution in [0.1, 0.15) is 54.8 Å². The summed E-state index contributed by atoms with van der Waals surface area (Å²) in [6.07, 6.45) is -4.91. The van der Waals surface area contributed by atoms with Crippen LogP contribution in [0, 0.1) is 0 Å². The van der Waals surface area contributed by atoms with Gasteiger partial charge in [0.2, 0.25) is 0 Å². The van der Waals surface area contributed by atoms with Crippen molar-refractivity contribution >= 4 is 11.3 Å². The van der Waals surface area contributed by atoms with E-state index in [1.165, 1.54) is 11.3 Å². The van der Waals surface area contributed by atoms with Gasteiger partial charge in [-0.05, 0) is 23.5 Å². The molecule has 16 heavy (non-hydrogen) atoms. The Balaban J connectivity index is 3.02. The lowest BCUT2D eigenvalue weighted by atomic mass is 9.98. The van der Waals surface area contributed by atoms with Crippen molar-refractivity contribution in [3.05, 3.63) is 21.4 Å². The van der Waals surface area contributed by atoms with E-state index >= 15 is 0 Å². The van der Waals surface area contributed by atoms with Crippen LogP contribution < -0.4 is 0 Å². The van der Waals surface area contributed by atoms with Crippen LogP contribution in [0.2, 0.25) is 0 Å². The van der Waals surface area contributed by atoms with Crippen molar-refractivity contribution in [3.8, 4) is 0 Å². The van der Waals surface area contributed by atoms with Gasteiger partial charge in [-0.15, -0.1) is 11.3 Å². The molecule has 1 heterocycles. The van der Waals surface area contributed by atoms with Crippen molar-refractivity contribution in [2.45, 2.75) is 52.1 Å². The van der Waals surface area contributed by atoms with Crippen molar-refractivity contribution in [1.29, 1.82) is 0 Å². The molecule has 1 aromatic heterocycles. The van der Waals surface area contributed by atoms with Gasteiger partial charge in [0.25, 0.3) is 0 Å². The SMILES string of the molecule is CC(C)c1cc(CC(F)(F)F)sc1C(C)C. The molecule has 0 spiro atoms. The minimum atomic E-state index is -4.10. The molecule has 0 aliphatic carbocycles. The van der Waals surface area contributed by atoms with Crippen molar-refractivity contribution in [3.63, 3.8) is 0 Å². The summed E-state index contributed by atoms with van der Waals surface area (Å²) in [4.78, 5) is 1.52. The van der Waals surface area contributed by atoms with Crippen LogP contribution in [0.15, 0.2) is 6.07 Å². The van der Waals surface area contributed by atoms with Crippen molar-refractivity contribution in [1.82, 2.24) is 0 Å². The Morgan fingerprint density at radius 3 is 2.00 bits per heavy atom. The zero-order valence-corrected chi connectivity index (χ0v) is 10.8. The molecule has 1 aromatic rings. The Morgan fingerprint density at radius 2 is 1.69 bits per heavy atom. The number of thiophene rings is 1. The van der Waals surface area contributed by atoms with Crippen LogP contribution in [0.5, 0.6) is 0 Å². The van der Waals surface area contributed by atoms with E-state index in [4.69, 9.17) is 0 Å². The molecule has 0 bridgehead atoms. The van der Waals surface area contributed by atoms with Gasteiger partial charge in [-0.25, -0.2) is 0 Å². The highest BCUT2D eigenvalue weighted by atomic mass is 32.1. The molecule has 1 rings (SSSR count). The first-order valence-electron chi connectivity index (χ1n) is 5.40. The van der Waals surface area contributed by atoms with E-state index in [0.717, 1.165) is 10.4 Å². The number of rotatable bonds is 3. The fourth-order valence-corrected chi connectivity index (χ4v) is 3.01. The zero-order chi connectivity index (χ0) is 12.5. The molecule has 0 aliphatic heterocycles. The molecule has 0 radical (unpaired) electrons. The van der Waals surface area contributed by atoms with Gasteiger partial charge in [-0.3, -0.25) is 0 Å². The van der Waals surface area contributed by atoms with Gasteiger partial charge in [0, 0.05) is 9.75 Å². The lowest BCUT2D eigenvalue weighted by molar-refractivity contribution is -0.126. The molecule has 4 heteroatoms. The van der Waals surface area contributed by atoms with E-state index in [2.05, 4.69) is 0 Å². The first-order valence-corrected chi connectivity index (χ1v) is 6.21. The summed E-state index contributed by atoms with van der Waals surface area (Å²) >= 11 is 1.30. The second-order valence-corrected chi connectivity index (χ2v) is 5.80. The highest BCUT2D eigenvalue weighted by Crippen LogP contribution is 2.36. The Kier molecular flexibility index (Phi) is 4.05. The number of halogens is 3. The van der Waals surface area contributed by atoms with Crippen molar-refractivity contribution < 1.29 is 13.2 Å². The third-order valence-electron chi connectivity index (χ3n) is 2.36.